The lowest BCUT2D eigenvalue weighted by molar-refractivity contribution is -0.139. The van der Waals surface area contributed by atoms with Gasteiger partial charge in [-0.05, 0) is 25.9 Å². The molecule has 7 heteroatoms. The zero-order valence-corrected chi connectivity index (χ0v) is 14.0. The van der Waals surface area contributed by atoms with Crippen LogP contribution in [0.3, 0.4) is 0 Å². The number of likely N-dealkylation sites (N-methyl/N-ethyl adjacent to an activating group) is 1. The standard InChI is InChI=1S/C16H27N3O4/c1-3-18-7-4-5-13(18)11-19-10-12(9-14(19)20)16(23)17(2)8-6-15(21)22/h12-13H,3-11H2,1-2H3,(H,21,22). The van der Waals surface area contributed by atoms with Gasteiger partial charge in [0.2, 0.25) is 11.8 Å². The number of amides is 2. The summed E-state index contributed by atoms with van der Waals surface area (Å²) in [6.45, 7) is 5.56. The van der Waals surface area contributed by atoms with Crippen molar-refractivity contribution in [2.45, 2.75) is 38.6 Å². The third kappa shape index (κ3) is 4.43. The quantitative estimate of drug-likeness (QED) is 0.726. The van der Waals surface area contributed by atoms with Crippen molar-refractivity contribution in [3.63, 3.8) is 0 Å². The van der Waals surface area contributed by atoms with Gasteiger partial charge in [-0.1, -0.05) is 6.92 Å². The number of hydrogen-bond acceptors (Lipinski definition) is 4. The van der Waals surface area contributed by atoms with Gasteiger partial charge in [-0.2, -0.15) is 0 Å². The lowest BCUT2D eigenvalue weighted by Crippen LogP contribution is -2.41. The number of carbonyl (C=O) groups excluding carboxylic acids is 2. The van der Waals surface area contributed by atoms with Gasteiger partial charge in [-0.15, -0.1) is 0 Å². The molecule has 0 aromatic heterocycles. The van der Waals surface area contributed by atoms with Crippen LogP contribution in [0.15, 0.2) is 0 Å². The predicted octanol–water partition coefficient (Wildman–Crippen LogP) is 0.252. The molecule has 7 nitrogen and oxygen atoms in total. The zero-order valence-electron chi connectivity index (χ0n) is 14.0. The van der Waals surface area contributed by atoms with E-state index < -0.39 is 5.97 Å². The van der Waals surface area contributed by atoms with Crippen LogP contribution in [0.5, 0.6) is 0 Å². The topological polar surface area (TPSA) is 81.2 Å². The highest BCUT2D eigenvalue weighted by Gasteiger charge is 2.37. The van der Waals surface area contributed by atoms with Crippen LogP contribution >= 0.6 is 0 Å². The second-order valence-electron chi connectivity index (χ2n) is 6.53. The number of likely N-dealkylation sites (tertiary alicyclic amines) is 2. The number of nitrogens with zero attached hydrogens (tertiary/aromatic N) is 3. The second-order valence-corrected chi connectivity index (χ2v) is 6.53. The van der Waals surface area contributed by atoms with E-state index in [-0.39, 0.29) is 37.1 Å². The van der Waals surface area contributed by atoms with Gasteiger partial charge >= 0.3 is 5.97 Å². The summed E-state index contributed by atoms with van der Waals surface area (Å²) in [5, 5.41) is 8.70. The maximum absolute atomic E-state index is 12.4. The molecule has 0 aliphatic carbocycles. The number of hydrogen-bond donors (Lipinski definition) is 1. The molecular formula is C16H27N3O4. The van der Waals surface area contributed by atoms with E-state index in [1.165, 1.54) is 11.3 Å². The van der Waals surface area contributed by atoms with Crippen molar-refractivity contribution < 1.29 is 19.5 Å². The minimum atomic E-state index is -0.922. The van der Waals surface area contributed by atoms with Crippen LogP contribution in [0, 0.1) is 5.92 Å². The Morgan fingerprint density at radius 2 is 2.13 bits per heavy atom. The largest absolute Gasteiger partial charge is 0.481 e. The van der Waals surface area contributed by atoms with E-state index in [0.717, 1.165) is 19.5 Å². The predicted molar refractivity (Wildman–Crippen MR) is 84.8 cm³/mol. The molecule has 2 amide bonds. The fraction of sp³-hybridized carbons (Fsp3) is 0.812. The molecule has 1 N–H and O–H groups in total. The molecule has 130 valence electrons. The van der Waals surface area contributed by atoms with Gasteiger partial charge in [0.15, 0.2) is 0 Å². The van der Waals surface area contributed by atoms with Gasteiger partial charge in [0.1, 0.15) is 0 Å². The molecule has 0 radical (unpaired) electrons. The van der Waals surface area contributed by atoms with E-state index >= 15 is 0 Å². The number of rotatable bonds is 7. The molecule has 0 aromatic rings. The fourth-order valence-corrected chi connectivity index (χ4v) is 3.57. The minimum absolute atomic E-state index is 0.0398. The summed E-state index contributed by atoms with van der Waals surface area (Å²) < 4.78 is 0. The second kappa shape index (κ2) is 7.77. The van der Waals surface area contributed by atoms with Crippen molar-refractivity contribution >= 4 is 17.8 Å². The van der Waals surface area contributed by atoms with Crippen LogP contribution in [0.2, 0.25) is 0 Å². The summed E-state index contributed by atoms with van der Waals surface area (Å²) in [5.41, 5.74) is 0. The van der Waals surface area contributed by atoms with Gasteiger partial charge < -0.3 is 14.9 Å². The SMILES string of the molecule is CCN1CCCC1CN1CC(C(=O)N(C)CCC(=O)O)CC1=O. The van der Waals surface area contributed by atoms with Crippen molar-refractivity contribution in [1.29, 1.82) is 0 Å². The zero-order chi connectivity index (χ0) is 17.0. The molecule has 2 rings (SSSR count). The Labute approximate surface area is 137 Å². The third-order valence-corrected chi connectivity index (χ3v) is 4.94. The molecule has 0 aromatic carbocycles. The number of carboxylic acids is 1. The van der Waals surface area contributed by atoms with Crippen molar-refractivity contribution in [3.05, 3.63) is 0 Å². The van der Waals surface area contributed by atoms with Crippen LogP contribution in [-0.2, 0) is 14.4 Å². The van der Waals surface area contributed by atoms with Gasteiger partial charge in [0, 0.05) is 39.1 Å². The van der Waals surface area contributed by atoms with Crippen LogP contribution in [0.25, 0.3) is 0 Å². The molecule has 2 heterocycles. The van der Waals surface area contributed by atoms with E-state index in [1.54, 1.807) is 7.05 Å². The third-order valence-electron chi connectivity index (χ3n) is 4.94. The molecule has 0 saturated carbocycles. The molecule has 0 bridgehead atoms. The summed E-state index contributed by atoms with van der Waals surface area (Å²) in [5.74, 6) is -1.34. The Hall–Kier alpha value is -1.63. The monoisotopic (exact) mass is 325 g/mol. The highest BCUT2D eigenvalue weighted by molar-refractivity contribution is 5.89. The van der Waals surface area contributed by atoms with E-state index in [0.29, 0.717) is 19.1 Å². The summed E-state index contributed by atoms with van der Waals surface area (Å²) in [4.78, 5) is 40.8. The van der Waals surface area contributed by atoms with Crippen molar-refractivity contribution in [2.75, 3.05) is 39.8 Å². The Bertz CT molecular complexity index is 468. The molecule has 2 saturated heterocycles. The normalized spacial score (nSPS) is 25.1. The molecule has 2 aliphatic rings. The van der Waals surface area contributed by atoms with Gasteiger partial charge in [-0.3, -0.25) is 19.3 Å². The Morgan fingerprint density at radius 3 is 2.78 bits per heavy atom. The minimum Gasteiger partial charge on any atom is -0.481 e. The first-order valence-corrected chi connectivity index (χ1v) is 8.41. The van der Waals surface area contributed by atoms with Gasteiger partial charge in [-0.25, -0.2) is 0 Å². The number of aliphatic carboxylic acids is 1. The van der Waals surface area contributed by atoms with Crippen molar-refractivity contribution in [3.8, 4) is 0 Å². The van der Waals surface area contributed by atoms with Crippen molar-refractivity contribution in [2.24, 2.45) is 5.92 Å². The average Bonchev–Trinajstić information content (AvgIpc) is 3.11. The lowest BCUT2D eigenvalue weighted by Gasteiger charge is -2.28. The number of carbonyl (C=O) groups is 3. The van der Waals surface area contributed by atoms with E-state index in [1.807, 2.05) is 4.90 Å². The van der Waals surface area contributed by atoms with E-state index in [2.05, 4.69) is 11.8 Å². The summed E-state index contributed by atoms with van der Waals surface area (Å²) >= 11 is 0. The smallest absolute Gasteiger partial charge is 0.305 e. The first kappa shape index (κ1) is 17.7. The highest BCUT2D eigenvalue weighted by Crippen LogP contribution is 2.24. The Kier molecular flexibility index (Phi) is 5.98. The summed E-state index contributed by atoms with van der Waals surface area (Å²) in [6.07, 6.45) is 2.45. The molecule has 2 fully saturated rings. The summed E-state index contributed by atoms with van der Waals surface area (Å²) in [6, 6.07) is 0.405. The van der Waals surface area contributed by atoms with Crippen LogP contribution < -0.4 is 0 Å². The molecule has 2 unspecified atom stereocenters. The van der Waals surface area contributed by atoms with Crippen LogP contribution in [0.4, 0.5) is 0 Å². The molecule has 2 aliphatic heterocycles. The molecular weight excluding hydrogens is 298 g/mol. The van der Waals surface area contributed by atoms with Crippen LogP contribution in [-0.4, -0.2) is 83.4 Å². The van der Waals surface area contributed by atoms with Crippen LogP contribution in [0.1, 0.15) is 32.6 Å². The molecule has 2 atom stereocenters. The summed E-state index contributed by atoms with van der Waals surface area (Å²) in [7, 11) is 1.61. The highest BCUT2D eigenvalue weighted by atomic mass is 16.4. The average molecular weight is 325 g/mol. The Morgan fingerprint density at radius 1 is 1.39 bits per heavy atom. The van der Waals surface area contributed by atoms with E-state index in [4.69, 9.17) is 5.11 Å². The molecule has 23 heavy (non-hydrogen) atoms. The number of carboxylic acid groups (broad SMARTS) is 1. The van der Waals surface area contributed by atoms with Crippen molar-refractivity contribution in [1.82, 2.24) is 14.7 Å². The van der Waals surface area contributed by atoms with Gasteiger partial charge in [0.25, 0.3) is 0 Å². The Balaban J connectivity index is 1.86. The first-order valence-electron chi connectivity index (χ1n) is 8.41. The molecule has 0 spiro atoms. The van der Waals surface area contributed by atoms with E-state index in [9.17, 15) is 14.4 Å². The lowest BCUT2D eigenvalue weighted by atomic mass is 10.1. The fourth-order valence-electron chi connectivity index (χ4n) is 3.57. The first-order chi connectivity index (χ1) is 10.9. The maximum Gasteiger partial charge on any atom is 0.305 e. The maximum atomic E-state index is 12.4. The van der Waals surface area contributed by atoms with Gasteiger partial charge in [0.05, 0.1) is 12.3 Å².